The van der Waals surface area contributed by atoms with Gasteiger partial charge in [0.15, 0.2) is 0 Å². The number of aliphatic hydroxyl groups excluding tert-OH is 1. The van der Waals surface area contributed by atoms with Crippen molar-refractivity contribution in [2.75, 3.05) is 33.9 Å². The molecule has 0 saturated carbocycles. The normalized spacial score (nSPS) is 15.7. The van der Waals surface area contributed by atoms with E-state index in [9.17, 15) is 0 Å². The van der Waals surface area contributed by atoms with Gasteiger partial charge in [0.05, 0.1) is 12.7 Å². The van der Waals surface area contributed by atoms with Crippen LogP contribution in [0.5, 0.6) is 0 Å². The molecule has 0 aliphatic heterocycles. The molecule has 1 atom stereocenters. The third-order valence-corrected chi connectivity index (χ3v) is 4.34. The molecule has 1 unspecified atom stereocenters. The highest BCUT2D eigenvalue weighted by Gasteiger charge is 2.22. The number of methoxy groups -OCH3 is 1. The molecule has 0 amide bonds. The summed E-state index contributed by atoms with van der Waals surface area (Å²) in [6.45, 7) is 4.09. The van der Waals surface area contributed by atoms with E-state index >= 15 is 0 Å². The molecule has 0 radical (unpaired) electrons. The number of ether oxygens (including phenoxy) is 1. The number of hydrogen-bond acceptors (Lipinski definition) is 3. The highest BCUT2D eigenvalue weighted by Crippen LogP contribution is 2.37. The van der Waals surface area contributed by atoms with Crippen molar-refractivity contribution < 1.29 is 9.84 Å². The summed E-state index contributed by atoms with van der Waals surface area (Å²) < 4.78 is 5.46. The largest absolute Gasteiger partial charge is 0.395 e. The average molecular weight is 289 g/mol. The minimum atomic E-state index is 0.226. The molecule has 0 aromatic heterocycles. The maximum Gasteiger partial charge on any atom is 0.0583 e. The highest BCUT2D eigenvalue weighted by atomic mass is 16.5. The molecule has 3 heteroatoms. The van der Waals surface area contributed by atoms with Crippen molar-refractivity contribution >= 4 is 5.57 Å². The van der Waals surface area contributed by atoms with Crippen LogP contribution in [0, 0.1) is 0 Å². The fourth-order valence-electron chi connectivity index (χ4n) is 2.97. The lowest BCUT2D eigenvalue weighted by atomic mass is 9.98. The second-order valence-corrected chi connectivity index (χ2v) is 5.94. The summed E-state index contributed by atoms with van der Waals surface area (Å²) in [5.41, 5.74) is 5.85. The standard InChI is InChI=1S/C18H27NO2/c1-14(21-3)12-18-16(8-9-19(2)10-11-20)13-15-6-4-5-7-17(15)18/h4-7,14,20H,8-13H2,1-3H3. The van der Waals surface area contributed by atoms with Crippen LogP contribution in [0.3, 0.4) is 0 Å². The van der Waals surface area contributed by atoms with E-state index in [1.165, 1.54) is 22.3 Å². The van der Waals surface area contributed by atoms with E-state index in [1.807, 2.05) is 0 Å². The first-order chi connectivity index (χ1) is 10.2. The lowest BCUT2D eigenvalue weighted by molar-refractivity contribution is 0.123. The number of hydrogen-bond donors (Lipinski definition) is 1. The summed E-state index contributed by atoms with van der Waals surface area (Å²) in [5.74, 6) is 0. The van der Waals surface area contributed by atoms with Gasteiger partial charge in [-0.15, -0.1) is 0 Å². The Morgan fingerprint density at radius 3 is 2.76 bits per heavy atom. The lowest BCUT2D eigenvalue weighted by Crippen LogP contribution is -2.23. The molecule has 1 aromatic carbocycles. The molecule has 21 heavy (non-hydrogen) atoms. The van der Waals surface area contributed by atoms with Crippen molar-refractivity contribution in [3.8, 4) is 0 Å². The summed E-state index contributed by atoms with van der Waals surface area (Å²) in [6.07, 6.45) is 3.36. The Kier molecular flexibility index (Phi) is 5.97. The monoisotopic (exact) mass is 289 g/mol. The Balaban J connectivity index is 2.13. The number of likely N-dealkylation sites (N-methyl/N-ethyl adjacent to an activating group) is 1. The van der Waals surface area contributed by atoms with E-state index in [4.69, 9.17) is 9.84 Å². The molecular weight excluding hydrogens is 262 g/mol. The molecule has 1 aliphatic rings. The van der Waals surface area contributed by atoms with Gasteiger partial charge < -0.3 is 14.7 Å². The molecule has 3 nitrogen and oxygen atoms in total. The van der Waals surface area contributed by atoms with Gasteiger partial charge in [-0.05, 0) is 49.9 Å². The Bertz CT molecular complexity index is 496. The number of nitrogens with zero attached hydrogens (tertiary/aromatic N) is 1. The van der Waals surface area contributed by atoms with Crippen LogP contribution >= 0.6 is 0 Å². The zero-order chi connectivity index (χ0) is 15.2. The van der Waals surface area contributed by atoms with Crippen molar-refractivity contribution in [1.29, 1.82) is 0 Å². The molecule has 1 aromatic rings. The van der Waals surface area contributed by atoms with Crippen molar-refractivity contribution in [1.82, 2.24) is 4.90 Å². The number of benzene rings is 1. The fraction of sp³-hybridized carbons (Fsp3) is 0.556. The summed E-state index contributed by atoms with van der Waals surface area (Å²) in [7, 11) is 3.84. The van der Waals surface area contributed by atoms with Gasteiger partial charge in [-0.2, -0.15) is 0 Å². The first-order valence-corrected chi connectivity index (χ1v) is 7.77. The average Bonchev–Trinajstić information content (AvgIpc) is 2.83. The zero-order valence-electron chi connectivity index (χ0n) is 13.4. The Labute approximate surface area is 128 Å². The maximum absolute atomic E-state index is 9.00. The predicted molar refractivity (Wildman–Crippen MR) is 87.4 cm³/mol. The lowest BCUT2D eigenvalue weighted by Gasteiger charge is -2.17. The summed E-state index contributed by atoms with van der Waals surface area (Å²) in [6, 6.07) is 8.71. The second-order valence-electron chi connectivity index (χ2n) is 5.94. The molecule has 116 valence electrons. The van der Waals surface area contributed by atoms with Crippen molar-refractivity contribution in [3.05, 3.63) is 41.0 Å². The SMILES string of the molecule is COC(C)CC1=C(CCN(C)CCO)Cc2ccccc21. The fourth-order valence-corrected chi connectivity index (χ4v) is 2.97. The van der Waals surface area contributed by atoms with Crippen LogP contribution in [0.15, 0.2) is 29.8 Å². The van der Waals surface area contributed by atoms with Crippen LogP contribution < -0.4 is 0 Å². The van der Waals surface area contributed by atoms with Crippen LogP contribution in [0.4, 0.5) is 0 Å². The Hall–Kier alpha value is -1.16. The van der Waals surface area contributed by atoms with Gasteiger partial charge in [0.25, 0.3) is 0 Å². The van der Waals surface area contributed by atoms with Crippen LogP contribution in [-0.4, -0.2) is 50.0 Å². The minimum absolute atomic E-state index is 0.226. The van der Waals surface area contributed by atoms with Gasteiger partial charge in [-0.25, -0.2) is 0 Å². The highest BCUT2D eigenvalue weighted by molar-refractivity contribution is 5.76. The molecule has 2 rings (SSSR count). The smallest absolute Gasteiger partial charge is 0.0583 e. The van der Waals surface area contributed by atoms with Crippen molar-refractivity contribution in [2.45, 2.75) is 32.3 Å². The number of aliphatic hydroxyl groups is 1. The van der Waals surface area contributed by atoms with Crippen molar-refractivity contribution in [3.63, 3.8) is 0 Å². The Morgan fingerprint density at radius 1 is 1.29 bits per heavy atom. The molecule has 1 aliphatic carbocycles. The predicted octanol–water partition coefficient (Wildman–Crippen LogP) is 2.74. The van der Waals surface area contributed by atoms with E-state index in [1.54, 1.807) is 7.11 Å². The number of rotatable bonds is 8. The van der Waals surface area contributed by atoms with E-state index in [2.05, 4.69) is 43.1 Å². The molecule has 0 saturated heterocycles. The maximum atomic E-state index is 9.00. The van der Waals surface area contributed by atoms with Gasteiger partial charge in [0.2, 0.25) is 0 Å². The van der Waals surface area contributed by atoms with E-state index in [-0.39, 0.29) is 12.7 Å². The van der Waals surface area contributed by atoms with E-state index in [0.717, 1.165) is 32.4 Å². The van der Waals surface area contributed by atoms with E-state index in [0.29, 0.717) is 0 Å². The minimum Gasteiger partial charge on any atom is -0.395 e. The van der Waals surface area contributed by atoms with Crippen LogP contribution in [0.25, 0.3) is 5.57 Å². The quantitative estimate of drug-likeness (QED) is 0.799. The van der Waals surface area contributed by atoms with Crippen molar-refractivity contribution in [2.24, 2.45) is 0 Å². The second kappa shape index (κ2) is 7.74. The topological polar surface area (TPSA) is 32.7 Å². The third-order valence-electron chi connectivity index (χ3n) is 4.34. The first kappa shape index (κ1) is 16.2. The van der Waals surface area contributed by atoms with Gasteiger partial charge in [-0.3, -0.25) is 0 Å². The Morgan fingerprint density at radius 2 is 2.05 bits per heavy atom. The molecular formula is C18H27NO2. The molecule has 0 fully saturated rings. The van der Waals surface area contributed by atoms with Gasteiger partial charge in [0, 0.05) is 20.2 Å². The zero-order valence-corrected chi connectivity index (χ0v) is 13.4. The molecule has 0 spiro atoms. The van der Waals surface area contributed by atoms with E-state index < -0.39 is 0 Å². The summed E-state index contributed by atoms with van der Waals surface area (Å²) in [4.78, 5) is 2.19. The third kappa shape index (κ3) is 4.16. The van der Waals surface area contributed by atoms with Gasteiger partial charge in [-0.1, -0.05) is 29.8 Å². The van der Waals surface area contributed by atoms with Crippen LogP contribution in [-0.2, 0) is 11.2 Å². The molecule has 1 N–H and O–H groups in total. The first-order valence-electron chi connectivity index (χ1n) is 7.77. The van der Waals surface area contributed by atoms with Crippen LogP contribution in [0.2, 0.25) is 0 Å². The van der Waals surface area contributed by atoms with Gasteiger partial charge >= 0.3 is 0 Å². The van der Waals surface area contributed by atoms with Crippen LogP contribution in [0.1, 0.15) is 30.9 Å². The molecule has 0 heterocycles. The summed E-state index contributed by atoms with van der Waals surface area (Å²) in [5, 5.41) is 9.00. The molecule has 0 bridgehead atoms. The summed E-state index contributed by atoms with van der Waals surface area (Å²) >= 11 is 0. The van der Waals surface area contributed by atoms with Gasteiger partial charge in [0.1, 0.15) is 0 Å². The number of fused-ring (bicyclic) bond motifs is 1.